The lowest BCUT2D eigenvalue weighted by Crippen LogP contribution is -2.21. The molecular formula is C19H21NO. The number of pyridine rings is 1. The minimum Gasteiger partial charge on any atom is -0.378 e. The Morgan fingerprint density at radius 3 is 2.52 bits per heavy atom. The summed E-state index contributed by atoms with van der Waals surface area (Å²) in [5, 5.41) is 0. The number of fused-ring (bicyclic) bond motifs is 2. The number of aromatic nitrogens is 1. The molecule has 0 unspecified atom stereocenters. The third-order valence-electron chi connectivity index (χ3n) is 5.09. The summed E-state index contributed by atoms with van der Waals surface area (Å²) in [6.45, 7) is 0.573. The quantitative estimate of drug-likeness (QED) is 0.816. The van der Waals surface area contributed by atoms with Crippen molar-refractivity contribution in [2.24, 2.45) is 0 Å². The summed E-state index contributed by atoms with van der Waals surface area (Å²) in [7, 11) is 1.71. The summed E-state index contributed by atoms with van der Waals surface area (Å²) in [6, 6.07) is 13.2. The Morgan fingerprint density at radius 2 is 1.76 bits per heavy atom. The molecule has 5 rings (SSSR count). The number of nitrogens with zero attached hydrogens (tertiary/aromatic N) is 1. The Hall–Kier alpha value is -1.67. The van der Waals surface area contributed by atoms with Gasteiger partial charge in [-0.25, -0.2) is 0 Å². The molecule has 3 aliphatic rings. The molecule has 1 saturated carbocycles. The van der Waals surface area contributed by atoms with E-state index in [2.05, 4.69) is 30.3 Å². The van der Waals surface area contributed by atoms with Crippen LogP contribution in [0.4, 0.5) is 0 Å². The molecule has 2 aromatic rings. The molecule has 21 heavy (non-hydrogen) atoms. The van der Waals surface area contributed by atoms with Crippen molar-refractivity contribution in [2.45, 2.75) is 44.1 Å². The van der Waals surface area contributed by atoms with Crippen LogP contribution in [0, 0.1) is 0 Å². The Morgan fingerprint density at radius 1 is 1.00 bits per heavy atom. The van der Waals surface area contributed by atoms with Gasteiger partial charge in [0.2, 0.25) is 0 Å². The van der Waals surface area contributed by atoms with Crippen molar-refractivity contribution >= 4 is 0 Å². The van der Waals surface area contributed by atoms with E-state index < -0.39 is 0 Å². The first-order chi connectivity index (χ1) is 10.3. The van der Waals surface area contributed by atoms with Crippen molar-refractivity contribution < 1.29 is 4.74 Å². The molecule has 0 saturated heterocycles. The van der Waals surface area contributed by atoms with Crippen molar-refractivity contribution in [1.82, 2.24) is 4.98 Å². The normalized spacial score (nSPS) is 23.1. The van der Waals surface area contributed by atoms with E-state index in [-0.39, 0.29) is 0 Å². The second-order valence-electron chi connectivity index (χ2n) is 6.34. The molecule has 0 radical (unpaired) electrons. The van der Waals surface area contributed by atoms with Gasteiger partial charge in [-0.15, -0.1) is 0 Å². The van der Waals surface area contributed by atoms with Crippen LogP contribution in [-0.2, 0) is 11.3 Å². The van der Waals surface area contributed by atoms with Gasteiger partial charge in [0, 0.05) is 12.7 Å². The zero-order chi connectivity index (χ0) is 14.2. The van der Waals surface area contributed by atoms with E-state index in [4.69, 9.17) is 9.72 Å². The fourth-order valence-electron chi connectivity index (χ4n) is 4.04. The monoisotopic (exact) mass is 279 g/mol. The maximum atomic E-state index is 5.19. The molecule has 1 aromatic heterocycles. The van der Waals surface area contributed by atoms with Crippen molar-refractivity contribution in [1.29, 1.82) is 0 Å². The van der Waals surface area contributed by atoms with Crippen LogP contribution in [0.5, 0.6) is 0 Å². The summed E-state index contributed by atoms with van der Waals surface area (Å²) in [6.07, 6.45) is 5.52. The highest BCUT2D eigenvalue weighted by Crippen LogP contribution is 2.49. The van der Waals surface area contributed by atoms with Crippen molar-refractivity contribution in [3.8, 4) is 11.3 Å². The van der Waals surface area contributed by atoms with E-state index in [0.29, 0.717) is 6.61 Å². The maximum absolute atomic E-state index is 5.19. The first-order valence-corrected chi connectivity index (χ1v) is 7.94. The number of methoxy groups -OCH3 is 1. The van der Waals surface area contributed by atoms with Gasteiger partial charge in [0.1, 0.15) is 0 Å². The van der Waals surface area contributed by atoms with Gasteiger partial charge in [0.05, 0.1) is 18.0 Å². The van der Waals surface area contributed by atoms with Crippen LogP contribution in [0.15, 0.2) is 36.4 Å². The molecule has 1 heterocycles. The number of rotatable bonds is 3. The SMILES string of the molecule is COCc1cccc(-c2ccc3c(c2)C2CCC3CC2)n1. The zero-order valence-electron chi connectivity index (χ0n) is 12.5. The van der Waals surface area contributed by atoms with Crippen LogP contribution in [0.2, 0.25) is 0 Å². The molecule has 1 fully saturated rings. The minimum absolute atomic E-state index is 0.573. The summed E-state index contributed by atoms with van der Waals surface area (Å²) >= 11 is 0. The summed E-state index contributed by atoms with van der Waals surface area (Å²) < 4.78 is 5.19. The number of ether oxygens (including phenoxy) is 1. The van der Waals surface area contributed by atoms with E-state index in [9.17, 15) is 0 Å². The summed E-state index contributed by atoms with van der Waals surface area (Å²) in [5.41, 5.74) is 6.51. The highest BCUT2D eigenvalue weighted by Gasteiger charge is 2.32. The third kappa shape index (κ3) is 2.28. The Bertz CT molecular complexity index is 656. The Kier molecular flexibility index (Phi) is 3.27. The van der Waals surface area contributed by atoms with Crippen molar-refractivity contribution in [3.05, 3.63) is 53.2 Å². The molecule has 0 amide bonds. The van der Waals surface area contributed by atoms with E-state index in [1.54, 1.807) is 18.2 Å². The van der Waals surface area contributed by atoms with E-state index in [0.717, 1.165) is 23.2 Å². The van der Waals surface area contributed by atoms with Crippen LogP contribution in [0.1, 0.15) is 54.3 Å². The fraction of sp³-hybridized carbons (Fsp3) is 0.421. The second-order valence-corrected chi connectivity index (χ2v) is 6.34. The largest absolute Gasteiger partial charge is 0.378 e. The standard InChI is InChI=1S/C19H21NO/c1-21-12-16-3-2-4-19(20-16)15-9-10-17-13-5-7-14(8-6-13)18(17)11-15/h2-4,9-11,13-14H,5-8,12H2,1H3. The van der Waals surface area contributed by atoms with Gasteiger partial charge >= 0.3 is 0 Å². The maximum Gasteiger partial charge on any atom is 0.0884 e. The van der Waals surface area contributed by atoms with Gasteiger partial charge in [-0.3, -0.25) is 4.98 Å². The average Bonchev–Trinajstić information content (AvgIpc) is 2.56. The Balaban J connectivity index is 1.73. The van der Waals surface area contributed by atoms with Gasteiger partial charge in [0.25, 0.3) is 0 Å². The van der Waals surface area contributed by atoms with Crippen molar-refractivity contribution in [2.75, 3.05) is 7.11 Å². The molecule has 0 spiro atoms. The topological polar surface area (TPSA) is 22.1 Å². The molecule has 2 heteroatoms. The lowest BCUT2D eigenvalue weighted by atomic mass is 9.67. The molecule has 1 aromatic carbocycles. The third-order valence-corrected chi connectivity index (χ3v) is 5.09. The summed E-state index contributed by atoms with van der Waals surface area (Å²) in [5.74, 6) is 1.60. The van der Waals surface area contributed by atoms with Gasteiger partial charge in [-0.1, -0.05) is 18.2 Å². The lowest BCUT2D eigenvalue weighted by Gasteiger charge is -2.38. The molecule has 0 aliphatic heterocycles. The van der Waals surface area contributed by atoms with Gasteiger partial charge < -0.3 is 4.74 Å². The van der Waals surface area contributed by atoms with Gasteiger partial charge in [-0.05, 0) is 66.8 Å². The van der Waals surface area contributed by atoms with E-state index >= 15 is 0 Å². The predicted molar refractivity (Wildman–Crippen MR) is 84.3 cm³/mol. The summed E-state index contributed by atoms with van der Waals surface area (Å²) in [4.78, 5) is 4.72. The lowest BCUT2D eigenvalue weighted by molar-refractivity contribution is 0.181. The number of hydrogen-bond donors (Lipinski definition) is 0. The molecule has 2 bridgehead atoms. The molecule has 0 N–H and O–H groups in total. The average molecular weight is 279 g/mol. The smallest absolute Gasteiger partial charge is 0.0884 e. The van der Waals surface area contributed by atoms with Crippen LogP contribution in [0.3, 0.4) is 0 Å². The number of hydrogen-bond acceptors (Lipinski definition) is 2. The van der Waals surface area contributed by atoms with Crippen molar-refractivity contribution in [3.63, 3.8) is 0 Å². The molecule has 2 nitrogen and oxygen atoms in total. The first-order valence-electron chi connectivity index (χ1n) is 7.94. The zero-order valence-corrected chi connectivity index (χ0v) is 12.5. The van der Waals surface area contributed by atoms with Crippen LogP contribution < -0.4 is 0 Å². The van der Waals surface area contributed by atoms with Crippen LogP contribution >= 0.6 is 0 Å². The highest BCUT2D eigenvalue weighted by atomic mass is 16.5. The molecule has 3 aliphatic carbocycles. The van der Waals surface area contributed by atoms with Gasteiger partial charge in [-0.2, -0.15) is 0 Å². The van der Waals surface area contributed by atoms with E-state index in [1.807, 2.05) is 6.07 Å². The second kappa shape index (κ2) is 5.27. The van der Waals surface area contributed by atoms with Crippen LogP contribution in [-0.4, -0.2) is 12.1 Å². The highest BCUT2D eigenvalue weighted by molar-refractivity contribution is 5.62. The minimum atomic E-state index is 0.573. The first kappa shape index (κ1) is 13.0. The molecule has 0 atom stereocenters. The molecular weight excluding hydrogens is 258 g/mol. The van der Waals surface area contributed by atoms with E-state index in [1.165, 1.54) is 31.2 Å². The fourth-order valence-corrected chi connectivity index (χ4v) is 4.04. The van der Waals surface area contributed by atoms with Gasteiger partial charge in [0.15, 0.2) is 0 Å². The predicted octanol–water partition coefficient (Wildman–Crippen LogP) is 4.65. The Labute approximate surface area is 126 Å². The molecule has 108 valence electrons. The van der Waals surface area contributed by atoms with Crippen LogP contribution in [0.25, 0.3) is 11.3 Å². The number of benzene rings is 1.